The van der Waals surface area contributed by atoms with Crippen LogP contribution >= 0.6 is 0 Å². The van der Waals surface area contributed by atoms with Crippen molar-refractivity contribution >= 4 is 0 Å². The van der Waals surface area contributed by atoms with Crippen LogP contribution in [-0.2, 0) is 30.3 Å². The SMILES string of the molecule is COc1cc(-n2nc(-c3ccnc(CN4CCC4)c3)c3c2C[C@@H](C)OCC3)ccc1C(F)(F)F. The summed E-state index contributed by atoms with van der Waals surface area (Å²) in [4.78, 5) is 6.87. The van der Waals surface area contributed by atoms with Gasteiger partial charge in [-0.25, -0.2) is 4.68 Å². The quantitative estimate of drug-likeness (QED) is 0.540. The summed E-state index contributed by atoms with van der Waals surface area (Å²) in [5.41, 5.74) is 4.48. The second-order valence-electron chi connectivity index (χ2n) is 8.87. The van der Waals surface area contributed by atoms with E-state index in [9.17, 15) is 13.2 Å². The fourth-order valence-corrected chi connectivity index (χ4v) is 4.62. The van der Waals surface area contributed by atoms with Gasteiger partial charge >= 0.3 is 6.18 Å². The highest BCUT2D eigenvalue weighted by molar-refractivity contribution is 5.66. The predicted molar refractivity (Wildman–Crippen MR) is 121 cm³/mol. The van der Waals surface area contributed by atoms with Crippen LogP contribution in [0.2, 0.25) is 0 Å². The summed E-state index contributed by atoms with van der Waals surface area (Å²) in [6.45, 7) is 5.53. The number of pyridine rings is 1. The molecule has 0 amide bonds. The first-order valence-electron chi connectivity index (χ1n) is 11.5. The summed E-state index contributed by atoms with van der Waals surface area (Å²) in [5, 5.41) is 4.91. The van der Waals surface area contributed by atoms with Crippen molar-refractivity contribution in [2.75, 3.05) is 26.8 Å². The molecular formula is C25H27F3N4O2. The number of fused-ring (bicyclic) bond motifs is 1. The third-order valence-corrected chi connectivity index (χ3v) is 6.48. The Hall–Kier alpha value is -2.91. The van der Waals surface area contributed by atoms with Crippen molar-refractivity contribution in [2.45, 2.75) is 45.0 Å². The summed E-state index contributed by atoms with van der Waals surface area (Å²) in [6, 6.07) is 7.90. The third kappa shape index (κ3) is 4.42. The highest BCUT2D eigenvalue weighted by Gasteiger charge is 2.35. The van der Waals surface area contributed by atoms with E-state index in [0.29, 0.717) is 25.1 Å². The van der Waals surface area contributed by atoms with E-state index in [1.165, 1.54) is 25.7 Å². The zero-order chi connectivity index (χ0) is 23.9. The van der Waals surface area contributed by atoms with E-state index in [1.54, 1.807) is 10.9 Å². The molecule has 0 saturated carbocycles. The third-order valence-electron chi connectivity index (χ3n) is 6.48. The lowest BCUT2D eigenvalue weighted by Crippen LogP contribution is -2.36. The molecule has 2 aliphatic heterocycles. The minimum Gasteiger partial charge on any atom is -0.496 e. The Morgan fingerprint density at radius 2 is 2.00 bits per heavy atom. The molecule has 0 bridgehead atoms. The zero-order valence-electron chi connectivity index (χ0n) is 19.2. The fourth-order valence-electron chi connectivity index (χ4n) is 4.62. The van der Waals surface area contributed by atoms with Crippen LogP contribution in [0.4, 0.5) is 13.2 Å². The fraction of sp³-hybridized carbons (Fsp3) is 0.440. The van der Waals surface area contributed by atoms with E-state index in [2.05, 4.69) is 16.0 Å². The van der Waals surface area contributed by atoms with Gasteiger partial charge in [0.2, 0.25) is 0 Å². The van der Waals surface area contributed by atoms with Gasteiger partial charge in [-0.3, -0.25) is 9.88 Å². The molecule has 0 unspecified atom stereocenters. The lowest BCUT2D eigenvalue weighted by atomic mass is 10.0. The number of benzene rings is 1. The Morgan fingerprint density at radius 3 is 2.71 bits per heavy atom. The molecule has 1 atom stereocenters. The second kappa shape index (κ2) is 9.03. The van der Waals surface area contributed by atoms with Crippen LogP contribution in [0.15, 0.2) is 36.5 Å². The number of methoxy groups -OCH3 is 1. The molecule has 34 heavy (non-hydrogen) atoms. The van der Waals surface area contributed by atoms with E-state index in [-0.39, 0.29) is 11.9 Å². The zero-order valence-corrected chi connectivity index (χ0v) is 19.2. The molecule has 2 aromatic heterocycles. The Bertz CT molecular complexity index is 1190. The van der Waals surface area contributed by atoms with Crippen LogP contribution in [0.25, 0.3) is 16.9 Å². The standard InChI is InChI=1S/C25H27F3N4O2/c1-16-12-22-20(7-11-34-16)24(17-6-8-29-18(13-17)15-31-9-3-10-31)30-32(22)19-4-5-21(25(26,27)28)23(14-19)33-2/h4-6,8,13-14,16H,3,7,9-12,15H2,1-2H3/t16-/m1/s1. The van der Waals surface area contributed by atoms with Crippen molar-refractivity contribution in [3.05, 3.63) is 59.0 Å². The molecule has 2 aliphatic rings. The number of hydrogen-bond donors (Lipinski definition) is 0. The van der Waals surface area contributed by atoms with E-state index in [1.807, 2.05) is 13.0 Å². The summed E-state index contributed by atoms with van der Waals surface area (Å²) in [6.07, 6.45) is -0.226. The maximum atomic E-state index is 13.4. The van der Waals surface area contributed by atoms with Gasteiger partial charge in [-0.1, -0.05) is 0 Å². The van der Waals surface area contributed by atoms with Gasteiger partial charge in [-0.05, 0) is 57.1 Å². The van der Waals surface area contributed by atoms with Crippen molar-refractivity contribution in [1.82, 2.24) is 19.7 Å². The molecule has 4 heterocycles. The first-order chi connectivity index (χ1) is 16.3. The molecule has 5 rings (SSSR count). The van der Waals surface area contributed by atoms with Gasteiger partial charge in [0.15, 0.2) is 0 Å². The van der Waals surface area contributed by atoms with Gasteiger partial charge in [0.05, 0.1) is 48.2 Å². The topological polar surface area (TPSA) is 52.4 Å². The van der Waals surface area contributed by atoms with Crippen molar-refractivity contribution in [3.63, 3.8) is 0 Å². The monoisotopic (exact) mass is 472 g/mol. The molecule has 0 N–H and O–H groups in total. The van der Waals surface area contributed by atoms with Crippen LogP contribution in [0.1, 0.15) is 35.9 Å². The number of alkyl halides is 3. The number of hydrogen-bond acceptors (Lipinski definition) is 5. The van der Waals surface area contributed by atoms with E-state index in [4.69, 9.17) is 14.6 Å². The number of nitrogens with zero attached hydrogens (tertiary/aromatic N) is 4. The largest absolute Gasteiger partial charge is 0.496 e. The molecule has 6 nitrogen and oxygen atoms in total. The summed E-state index contributed by atoms with van der Waals surface area (Å²) in [5.74, 6) is -0.227. The van der Waals surface area contributed by atoms with Crippen LogP contribution in [-0.4, -0.2) is 52.6 Å². The normalized spacial score (nSPS) is 18.8. The number of ether oxygens (including phenoxy) is 2. The number of aromatic nitrogens is 3. The first-order valence-corrected chi connectivity index (χ1v) is 11.5. The average molecular weight is 473 g/mol. The van der Waals surface area contributed by atoms with Crippen LogP contribution < -0.4 is 4.74 Å². The van der Waals surface area contributed by atoms with Crippen LogP contribution in [0, 0.1) is 0 Å². The lowest BCUT2D eigenvalue weighted by Gasteiger charge is -2.30. The van der Waals surface area contributed by atoms with Crippen molar-refractivity contribution in [1.29, 1.82) is 0 Å². The lowest BCUT2D eigenvalue weighted by molar-refractivity contribution is -0.138. The summed E-state index contributed by atoms with van der Waals surface area (Å²) >= 11 is 0. The minimum atomic E-state index is -4.50. The van der Waals surface area contributed by atoms with Crippen molar-refractivity contribution in [3.8, 4) is 22.7 Å². The van der Waals surface area contributed by atoms with E-state index in [0.717, 1.165) is 53.9 Å². The van der Waals surface area contributed by atoms with Gasteiger partial charge < -0.3 is 9.47 Å². The molecule has 0 spiro atoms. The number of halogens is 3. The Kier molecular flexibility index (Phi) is 6.07. The highest BCUT2D eigenvalue weighted by atomic mass is 19.4. The van der Waals surface area contributed by atoms with E-state index >= 15 is 0 Å². The van der Waals surface area contributed by atoms with E-state index < -0.39 is 11.7 Å². The Balaban J connectivity index is 1.60. The molecule has 3 aromatic rings. The molecule has 1 saturated heterocycles. The van der Waals surface area contributed by atoms with Crippen LogP contribution in [0.5, 0.6) is 5.75 Å². The second-order valence-corrected chi connectivity index (χ2v) is 8.87. The molecule has 180 valence electrons. The molecule has 9 heteroatoms. The smallest absolute Gasteiger partial charge is 0.419 e. The molecule has 1 fully saturated rings. The van der Waals surface area contributed by atoms with Gasteiger partial charge in [0.1, 0.15) is 5.75 Å². The molecular weight excluding hydrogens is 445 g/mol. The first kappa shape index (κ1) is 22.9. The Morgan fingerprint density at radius 1 is 1.18 bits per heavy atom. The average Bonchev–Trinajstić information content (AvgIpc) is 3.02. The van der Waals surface area contributed by atoms with Crippen molar-refractivity contribution in [2.24, 2.45) is 0 Å². The van der Waals surface area contributed by atoms with Gasteiger partial charge in [0, 0.05) is 36.4 Å². The van der Waals surface area contributed by atoms with Gasteiger partial charge in [0.25, 0.3) is 0 Å². The summed E-state index contributed by atoms with van der Waals surface area (Å²) in [7, 11) is 1.25. The van der Waals surface area contributed by atoms with Gasteiger partial charge in [-0.2, -0.15) is 18.3 Å². The maximum absolute atomic E-state index is 13.4. The maximum Gasteiger partial charge on any atom is 0.419 e. The minimum absolute atomic E-state index is 0.0275. The van der Waals surface area contributed by atoms with Crippen molar-refractivity contribution < 1.29 is 22.6 Å². The molecule has 0 radical (unpaired) electrons. The summed E-state index contributed by atoms with van der Waals surface area (Å²) < 4.78 is 52.9. The number of likely N-dealkylation sites (tertiary alicyclic amines) is 1. The van der Waals surface area contributed by atoms with Crippen LogP contribution in [0.3, 0.4) is 0 Å². The molecule has 1 aromatic carbocycles. The Labute approximate surface area is 196 Å². The van der Waals surface area contributed by atoms with Gasteiger partial charge in [-0.15, -0.1) is 0 Å². The number of rotatable bonds is 5. The predicted octanol–water partition coefficient (Wildman–Crippen LogP) is 4.67. The highest BCUT2D eigenvalue weighted by Crippen LogP contribution is 2.38. The molecule has 0 aliphatic carbocycles.